The monoisotopic (exact) mass is 207 g/mol. The van der Waals surface area contributed by atoms with E-state index in [1.54, 1.807) is 6.07 Å². The maximum atomic E-state index is 10.6. The second-order valence-electron chi connectivity index (χ2n) is 3.82. The summed E-state index contributed by atoms with van der Waals surface area (Å²) in [5, 5.41) is 10.6. The summed E-state index contributed by atoms with van der Waals surface area (Å²) < 4.78 is 11.0. The molecule has 0 aromatic heterocycles. The lowest BCUT2D eigenvalue weighted by atomic mass is 10.0. The average Bonchev–Trinajstić information content (AvgIpc) is 2.97. The van der Waals surface area contributed by atoms with E-state index in [0.29, 0.717) is 5.75 Å². The zero-order valence-corrected chi connectivity index (χ0v) is 8.04. The van der Waals surface area contributed by atoms with E-state index in [1.165, 1.54) is 12.1 Å². The van der Waals surface area contributed by atoms with Crippen molar-refractivity contribution in [3.05, 3.63) is 33.9 Å². The summed E-state index contributed by atoms with van der Waals surface area (Å²) in [4.78, 5) is 10.2. The predicted molar refractivity (Wildman–Crippen MR) is 50.8 cm³/mol. The van der Waals surface area contributed by atoms with Crippen LogP contribution in [0.4, 0.5) is 5.69 Å². The summed E-state index contributed by atoms with van der Waals surface area (Å²) in [6.07, 6.45) is 0.0899. The third-order valence-electron chi connectivity index (χ3n) is 2.81. The highest BCUT2D eigenvalue weighted by Crippen LogP contribution is 2.50. The fourth-order valence-electron chi connectivity index (χ4n) is 1.98. The lowest BCUT2D eigenvalue weighted by Gasteiger charge is -2.19. The Bertz CT molecular complexity index is 445. The number of hydrogen-bond donors (Lipinski definition) is 0. The normalized spacial score (nSPS) is 31.1. The predicted octanol–water partition coefficient (Wildman–Crippen LogP) is 1.82. The van der Waals surface area contributed by atoms with Gasteiger partial charge in [-0.05, 0) is 13.0 Å². The molecule has 0 N–H and O–H groups in total. The molecule has 78 valence electrons. The van der Waals surface area contributed by atoms with Gasteiger partial charge in [0.25, 0.3) is 5.69 Å². The van der Waals surface area contributed by atoms with Crippen LogP contribution in [0.5, 0.6) is 5.75 Å². The van der Waals surface area contributed by atoms with E-state index in [9.17, 15) is 10.1 Å². The molecule has 15 heavy (non-hydrogen) atoms. The zero-order valence-electron chi connectivity index (χ0n) is 8.04. The maximum Gasteiger partial charge on any atom is 0.270 e. The fourth-order valence-corrected chi connectivity index (χ4v) is 1.98. The minimum atomic E-state index is -0.407. The van der Waals surface area contributed by atoms with Crippen molar-refractivity contribution in [1.29, 1.82) is 0 Å². The molecule has 2 aliphatic heterocycles. The van der Waals surface area contributed by atoms with Gasteiger partial charge in [-0.1, -0.05) is 0 Å². The Morgan fingerprint density at radius 1 is 1.47 bits per heavy atom. The number of fused-ring (bicyclic) bond motifs is 3. The number of hydrogen-bond acceptors (Lipinski definition) is 4. The van der Waals surface area contributed by atoms with Crippen LogP contribution in [-0.4, -0.2) is 17.1 Å². The van der Waals surface area contributed by atoms with Crippen molar-refractivity contribution in [1.82, 2.24) is 0 Å². The number of benzene rings is 1. The van der Waals surface area contributed by atoms with E-state index in [1.807, 2.05) is 6.92 Å². The average molecular weight is 207 g/mol. The molecule has 5 nitrogen and oxygen atoms in total. The third kappa shape index (κ3) is 1.20. The van der Waals surface area contributed by atoms with Gasteiger partial charge >= 0.3 is 0 Å². The van der Waals surface area contributed by atoms with Gasteiger partial charge in [-0.2, -0.15) is 0 Å². The summed E-state index contributed by atoms with van der Waals surface area (Å²) in [6, 6.07) is 4.63. The molecule has 5 heteroatoms. The van der Waals surface area contributed by atoms with Crippen LogP contribution in [0, 0.1) is 10.1 Å². The van der Waals surface area contributed by atoms with Crippen LogP contribution >= 0.6 is 0 Å². The van der Waals surface area contributed by atoms with E-state index < -0.39 is 4.92 Å². The van der Waals surface area contributed by atoms with Gasteiger partial charge in [0.1, 0.15) is 24.1 Å². The second-order valence-corrected chi connectivity index (χ2v) is 3.82. The highest BCUT2D eigenvalue weighted by molar-refractivity contribution is 5.48. The van der Waals surface area contributed by atoms with Gasteiger partial charge in [0, 0.05) is 17.7 Å². The van der Waals surface area contributed by atoms with Crippen molar-refractivity contribution in [3.8, 4) is 5.75 Å². The van der Waals surface area contributed by atoms with Gasteiger partial charge in [0.05, 0.1) is 4.92 Å². The fraction of sp³-hybridized carbons (Fsp3) is 0.400. The summed E-state index contributed by atoms with van der Waals surface area (Å²) >= 11 is 0. The maximum absolute atomic E-state index is 10.6. The molecule has 1 aromatic carbocycles. The van der Waals surface area contributed by atoms with E-state index in [-0.39, 0.29) is 24.0 Å². The van der Waals surface area contributed by atoms with Gasteiger partial charge in [-0.25, -0.2) is 0 Å². The molecule has 0 bridgehead atoms. The van der Waals surface area contributed by atoms with Crippen LogP contribution in [0.25, 0.3) is 0 Å². The molecule has 1 aromatic rings. The highest BCUT2D eigenvalue weighted by Gasteiger charge is 2.50. The number of ether oxygens (including phenoxy) is 2. The van der Waals surface area contributed by atoms with Gasteiger partial charge in [-0.3, -0.25) is 10.1 Å². The third-order valence-corrected chi connectivity index (χ3v) is 2.81. The van der Waals surface area contributed by atoms with Crippen molar-refractivity contribution in [2.45, 2.75) is 25.2 Å². The van der Waals surface area contributed by atoms with Gasteiger partial charge in [-0.15, -0.1) is 0 Å². The Labute approximate surface area is 85.8 Å². The van der Waals surface area contributed by atoms with E-state index >= 15 is 0 Å². The second kappa shape index (κ2) is 2.70. The lowest BCUT2D eigenvalue weighted by molar-refractivity contribution is -0.385. The molecule has 3 atom stereocenters. The standard InChI is InChI=1S/C10H9NO4/c1-5-9-10(15-9)7-4-6(11(12)13)2-3-8(7)14-5/h2-5,9-10H,1H3. The molecular formula is C10H9NO4. The van der Waals surface area contributed by atoms with Crippen LogP contribution in [0.1, 0.15) is 18.6 Å². The Morgan fingerprint density at radius 3 is 3.00 bits per heavy atom. The molecule has 1 saturated heterocycles. The molecule has 3 rings (SSSR count). The van der Waals surface area contributed by atoms with E-state index in [4.69, 9.17) is 9.47 Å². The van der Waals surface area contributed by atoms with Crippen molar-refractivity contribution >= 4 is 5.69 Å². The van der Waals surface area contributed by atoms with Crippen molar-refractivity contribution in [2.24, 2.45) is 0 Å². The SMILES string of the molecule is CC1Oc2ccc([N+](=O)[O-])cc2C2OC12. The molecule has 0 aliphatic carbocycles. The molecule has 0 spiro atoms. The lowest BCUT2D eigenvalue weighted by Crippen LogP contribution is -2.23. The number of nitrogens with zero attached hydrogens (tertiary/aromatic N) is 1. The molecule has 2 heterocycles. The topological polar surface area (TPSA) is 64.9 Å². The molecular weight excluding hydrogens is 198 g/mol. The molecule has 0 radical (unpaired) electrons. The summed E-state index contributed by atoms with van der Waals surface area (Å²) in [6.45, 7) is 1.94. The van der Waals surface area contributed by atoms with Crippen molar-refractivity contribution in [2.75, 3.05) is 0 Å². The van der Waals surface area contributed by atoms with Crippen molar-refractivity contribution in [3.63, 3.8) is 0 Å². The number of nitro benzene ring substituents is 1. The van der Waals surface area contributed by atoms with Crippen LogP contribution in [-0.2, 0) is 4.74 Å². The van der Waals surface area contributed by atoms with Crippen LogP contribution in [0.15, 0.2) is 18.2 Å². The Kier molecular flexibility index (Phi) is 1.56. The van der Waals surface area contributed by atoms with Gasteiger partial charge < -0.3 is 9.47 Å². The molecule has 2 aliphatic rings. The molecule has 0 saturated carbocycles. The summed E-state index contributed by atoms with van der Waals surface area (Å²) in [5.74, 6) is 0.701. The van der Waals surface area contributed by atoms with Gasteiger partial charge in [0.2, 0.25) is 0 Å². The number of epoxide rings is 1. The number of nitro groups is 1. The zero-order chi connectivity index (χ0) is 10.6. The molecule has 3 unspecified atom stereocenters. The first kappa shape index (κ1) is 8.67. The smallest absolute Gasteiger partial charge is 0.270 e. The highest BCUT2D eigenvalue weighted by atomic mass is 16.6. The minimum Gasteiger partial charge on any atom is -0.487 e. The van der Waals surface area contributed by atoms with Crippen LogP contribution in [0.3, 0.4) is 0 Å². The first-order valence-electron chi connectivity index (χ1n) is 4.77. The first-order valence-corrected chi connectivity index (χ1v) is 4.77. The largest absolute Gasteiger partial charge is 0.487 e. The van der Waals surface area contributed by atoms with Crippen molar-refractivity contribution < 1.29 is 14.4 Å². The summed E-state index contributed by atoms with van der Waals surface area (Å²) in [7, 11) is 0. The first-order chi connectivity index (χ1) is 7.16. The van der Waals surface area contributed by atoms with Crippen LogP contribution < -0.4 is 4.74 Å². The Balaban J connectivity index is 2.06. The van der Waals surface area contributed by atoms with Crippen LogP contribution in [0.2, 0.25) is 0 Å². The molecule has 1 fully saturated rings. The summed E-state index contributed by atoms with van der Waals surface area (Å²) in [5.41, 5.74) is 0.883. The quantitative estimate of drug-likeness (QED) is 0.400. The Morgan fingerprint density at radius 2 is 2.27 bits per heavy atom. The minimum absolute atomic E-state index is 0.0105. The Hall–Kier alpha value is -1.62. The molecule has 0 amide bonds. The van der Waals surface area contributed by atoms with E-state index in [0.717, 1.165) is 5.56 Å². The number of rotatable bonds is 1. The number of non-ortho nitro benzene ring substituents is 1. The van der Waals surface area contributed by atoms with Gasteiger partial charge in [0.15, 0.2) is 0 Å². The van der Waals surface area contributed by atoms with E-state index in [2.05, 4.69) is 0 Å².